The first-order chi connectivity index (χ1) is 9.27. The molecule has 0 atom stereocenters. The van der Waals surface area contributed by atoms with E-state index in [1.165, 1.54) is 10.6 Å². The van der Waals surface area contributed by atoms with Gasteiger partial charge < -0.3 is 0 Å². The summed E-state index contributed by atoms with van der Waals surface area (Å²) in [7, 11) is -1.60. The van der Waals surface area contributed by atoms with E-state index in [-0.39, 0.29) is 0 Å². The van der Waals surface area contributed by atoms with Crippen molar-refractivity contribution in [2.75, 3.05) is 13.3 Å². The van der Waals surface area contributed by atoms with Crippen molar-refractivity contribution in [1.29, 1.82) is 0 Å². The number of hydrogen-bond acceptors (Lipinski definition) is 3. The number of nitrogens with zero attached hydrogens (tertiary/aromatic N) is 3. The van der Waals surface area contributed by atoms with Crippen LogP contribution in [0.5, 0.6) is 0 Å². The first-order valence-electron chi connectivity index (χ1n) is 6.31. The molecule has 0 N–H and O–H groups in total. The van der Waals surface area contributed by atoms with Crippen LogP contribution in [0, 0.1) is 13.8 Å². The van der Waals surface area contributed by atoms with Crippen molar-refractivity contribution in [2.45, 2.75) is 20.4 Å². The van der Waals surface area contributed by atoms with E-state index in [0.29, 0.717) is 6.54 Å². The van der Waals surface area contributed by atoms with E-state index in [2.05, 4.69) is 5.10 Å². The normalized spacial score (nSPS) is 12.1. The third-order valence-corrected chi connectivity index (χ3v) is 4.40. The van der Waals surface area contributed by atoms with Crippen molar-refractivity contribution in [3.63, 3.8) is 0 Å². The van der Waals surface area contributed by atoms with Gasteiger partial charge in [0.15, 0.2) is 0 Å². The topological polar surface area (TPSA) is 55.2 Å². The molecule has 0 spiro atoms. The molecule has 0 amide bonds. The average molecular weight is 293 g/mol. The van der Waals surface area contributed by atoms with E-state index in [4.69, 9.17) is 0 Å². The molecule has 108 valence electrons. The summed E-state index contributed by atoms with van der Waals surface area (Å²) in [5, 5.41) is 4.43. The van der Waals surface area contributed by atoms with Crippen LogP contribution in [0.25, 0.3) is 5.69 Å². The zero-order valence-corrected chi connectivity index (χ0v) is 13.0. The average Bonchev–Trinajstić information content (AvgIpc) is 2.67. The number of aryl methyl sites for hydroxylation is 2. The fourth-order valence-corrected chi connectivity index (χ4v) is 2.43. The lowest BCUT2D eigenvalue weighted by atomic mass is 10.2. The molecule has 0 aliphatic carbocycles. The Morgan fingerprint density at radius 1 is 1.25 bits per heavy atom. The molecule has 1 heterocycles. The minimum Gasteiger partial charge on any atom is -0.238 e. The Hall–Kier alpha value is -1.66. The van der Waals surface area contributed by atoms with Gasteiger partial charge in [0.05, 0.1) is 17.6 Å². The maximum Gasteiger partial charge on any atom is 0.211 e. The second-order valence-corrected chi connectivity index (χ2v) is 7.12. The maximum atomic E-state index is 11.5. The summed E-state index contributed by atoms with van der Waals surface area (Å²) in [4.78, 5) is 0. The van der Waals surface area contributed by atoms with Crippen molar-refractivity contribution in [3.8, 4) is 5.69 Å². The Balaban J connectivity index is 2.31. The van der Waals surface area contributed by atoms with Crippen LogP contribution in [0.4, 0.5) is 0 Å². The molecule has 1 aromatic heterocycles. The van der Waals surface area contributed by atoms with Gasteiger partial charge in [0.2, 0.25) is 10.0 Å². The van der Waals surface area contributed by atoms with Gasteiger partial charge in [-0.05, 0) is 37.6 Å². The zero-order chi connectivity index (χ0) is 14.9. The van der Waals surface area contributed by atoms with Gasteiger partial charge >= 0.3 is 0 Å². The highest BCUT2D eigenvalue weighted by atomic mass is 32.2. The summed E-state index contributed by atoms with van der Waals surface area (Å²) in [5.41, 5.74) is 3.88. The molecule has 20 heavy (non-hydrogen) atoms. The van der Waals surface area contributed by atoms with E-state index in [1.54, 1.807) is 7.05 Å². The fourth-order valence-electron chi connectivity index (χ4n) is 2.05. The first-order valence-corrected chi connectivity index (χ1v) is 8.16. The Kier molecular flexibility index (Phi) is 3.96. The molecule has 0 fully saturated rings. The smallest absolute Gasteiger partial charge is 0.211 e. The van der Waals surface area contributed by atoms with Crippen LogP contribution in [0.15, 0.2) is 30.3 Å². The van der Waals surface area contributed by atoms with Crippen molar-refractivity contribution < 1.29 is 8.42 Å². The molecule has 2 rings (SSSR count). The first kappa shape index (κ1) is 14.7. The van der Waals surface area contributed by atoms with Crippen LogP contribution in [0.2, 0.25) is 0 Å². The third kappa shape index (κ3) is 3.26. The summed E-state index contributed by atoms with van der Waals surface area (Å²) < 4.78 is 26.1. The Labute approximate surface area is 119 Å². The standard InChI is InChI=1S/C14H19N3O2S/c1-11-8-12(2)17(15-11)14-7-5-6-13(9-14)10-16(3)20(4,18)19/h5-9H,10H2,1-4H3. The minimum atomic E-state index is -3.17. The molecular formula is C14H19N3O2S. The van der Waals surface area contributed by atoms with Crippen LogP contribution < -0.4 is 0 Å². The number of hydrogen-bond donors (Lipinski definition) is 0. The minimum absolute atomic E-state index is 0.353. The van der Waals surface area contributed by atoms with Gasteiger partial charge in [-0.3, -0.25) is 0 Å². The highest BCUT2D eigenvalue weighted by Crippen LogP contribution is 2.15. The summed E-state index contributed by atoms with van der Waals surface area (Å²) in [5.74, 6) is 0. The maximum absolute atomic E-state index is 11.5. The zero-order valence-electron chi connectivity index (χ0n) is 12.2. The van der Waals surface area contributed by atoms with E-state index in [9.17, 15) is 8.42 Å². The largest absolute Gasteiger partial charge is 0.238 e. The number of benzene rings is 1. The van der Waals surface area contributed by atoms with Gasteiger partial charge in [-0.15, -0.1) is 0 Å². The lowest BCUT2D eigenvalue weighted by Gasteiger charge is -2.15. The highest BCUT2D eigenvalue weighted by Gasteiger charge is 2.12. The molecule has 0 bridgehead atoms. The lowest BCUT2D eigenvalue weighted by Crippen LogP contribution is -2.24. The molecule has 0 saturated carbocycles. The van der Waals surface area contributed by atoms with Crippen LogP contribution in [-0.2, 0) is 16.6 Å². The van der Waals surface area contributed by atoms with Crippen LogP contribution >= 0.6 is 0 Å². The summed E-state index contributed by atoms with van der Waals surface area (Å²) in [6.07, 6.45) is 1.21. The van der Waals surface area contributed by atoms with Gasteiger partial charge in [-0.2, -0.15) is 5.10 Å². The third-order valence-electron chi connectivity index (χ3n) is 3.14. The molecule has 0 unspecified atom stereocenters. The molecular weight excluding hydrogens is 274 g/mol. The summed E-state index contributed by atoms with van der Waals surface area (Å²) >= 11 is 0. The highest BCUT2D eigenvalue weighted by molar-refractivity contribution is 7.88. The molecule has 0 aliphatic heterocycles. The van der Waals surface area contributed by atoms with E-state index >= 15 is 0 Å². The van der Waals surface area contributed by atoms with E-state index < -0.39 is 10.0 Å². The molecule has 0 aliphatic rings. The quantitative estimate of drug-likeness (QED) is 0.865. The van der Waals surface area contributed by atoms with Crippen molar-refractivity contribution in [2.24, 2.45) is 0 Å². The van der Waals surface area contributed by atoms with Gasteiger partial charge in [0.1, 0.15) is 0 Å². The summed E-state index contributed by atoms with van der Waals surface area (Å²) in [6.45, 7) is 4.30. The lowest BCUT2D eigenvalue weighted by molar-refractivity contribution is 0.472. The second-order valence-electron chi connectivity index (χ2n) is 5.03. The second kappa shape index (κ2) is 5.38. The molecule has 1 aromatic carbocycles. The SMILES string of the molecule is Cc1cc(C)n(-c2cccc(CN(C)S(C)(=O)=O)c2)n1. The van der Waals surface area contributed by atoms with E-state index in [1.807, 2.05) is 48.9 Å². The predicted molar refractivity (Wildman–Crippen MR) is 79.3 cm³/mol. The molecule has 6 heteroatoms. The fraction of sp³-hybridized carbons (Fsp3) is 0.357. The predicted octanol–water partition coefficient (Wildman–Crippen LogP) is 1.88. The van der Waals surface area contributed by atoms with Crippen molar-refractivity contribution >= 4 is 10.0 Å². The van der Waals surface area contributed by atoms with Gasteiger partial charge in [-0.1, -0.05) is 12.1 Å². The Morgan fingerprint density at radius 3 is 2.50 bits per heavy atom. The van der Waals surface area contributed by atoms with E-state index in [0.717, 1.165) is 22.6 Å². The van der Waals surface area contributed by atoms with Gasteiger partial charge in [0.25, 0.3) is 0 Å². The van der Waals surface area contributed by atoms with Crippen LogP contribution in [-0.4, -0.2) is 35.8 Å². The van der Waals surface area contributed by atoms with Crippen LogP contribution in [0.1, 0.15) is 17.0 Å². The van der Waals surface area contributed by atoms with Gasteiger partial charge in [0, 0.05) is 19.3 Å². The Bertz CT molecular complexity index is 720. The number of rotatable bonds is 4. The monoisotopic (exact) mass is 293 g/mol. The molecule has 0 radical (unpaired) electrons. The Morgan fingerprint density at radius 2 is 1.95 bits per heavy atom. The van der Waals surface area contributed by atoms with Gasteiger partial charge in [-0.25, -0.2) is 17.4 Å². The number of sulfonamides is 1. The van der Waals surface area contributed by atoms with Crippen molar-refractivity contribution in [3.05, 3.63) is 47.3 Å². The van der Waals surface area contributed by atoms with Crippen molar-refractivity contribution in [1.82, 2.24) is 14.1 Å². The molecule has 2 aromatic rings. The number of aromatic nitrogens is 2. The molecule has 5 nitrogen and oxygen atoms in total. The molecule has 0 saturated heterocycles. The summed E-state index contributed by atoms with van der Waals surface area (Å²) in [6, 6.07) is 9.76. The van der Waals surface area contributed by atoms with Crippen LogP contribution in [0.3, 0.4) is 0 Å².